The van der Waals surface area contributed by atoms with Crippen molar-refractivity contribution in [3.8, 4) is 11.6 Å². The van der Waals surface area contributed by atoms with Crippen molar-refractivity contribution in [1.29, 1.82) is 0 Å². The normalized spacial score (nSPS) is 13.4. The van der Waals surface area contributed by atoms with Gasteiger partial charge in [-0.05, 0) is 50.9 Å². The zero-order valence-corrected chi connectivity index (χ0v) is 21.6. The number of aryl methyl sites for hydroxylation is 1. The van der Waals surface area contributed by atoms with Crippen molar-refractivity contribution in [2.75, 3.05) is 50.1 Å². The smallest absolute Gasteiger partial charge is 0.280 e. The Bertz CT molecular complexity index is 1620. The van der Waals surface area contributed by atoms with Crippen LogP contribution >= 0.6 is 0 Å². The Labute approximate surface area is 221 Å². The van der Waals surface area contributed by atoms with Crippen LogP contribution in [0.15, 0.2) is 72.5 Å². The predicted molar refractivity (Wildman–Crippen MR) is 148 cm³/mol. The lowest BCUT2D eigenvalue weighted by Crippen LogP contribution is -2.43. The first-order chi connectivity index (χ1) is 18.8. The predicted octanol–water partition coefficient (Wildman–Crippen LogP) is 3.10. The van der Waals surface area contributed by atoms with Gasteiger partial charge in [0, 0.05) is 37.3 Å². The van der Waals surface area contributed by atoms with Gasteiger partial charge in [0.2, 0.25) is 5.88 Å². The molecule has 4 heterocycles. The molecule has 0 bridgehead atoms. The molecule has 1 aliphatic heterocycles. The van der Waals surface area contributed by atoms with Crippen molar-refractivity contribution in [2.45, 2.75) is 6.92 Å². The highest BCUT2D eigenvalue weighted by Crippen LogP contribution is 2.39. The molecule has 194 valence electrons. The lowest BCUT2D eigenvalue weighted by Gasteiger charge is -2.38. The van der Waals surface area contributed by atoms with E-state index in [1.165, 1.54) is 16.8 Å². The van der Waals surface area contributed by atoms with Gasteiger partial charge in [0.15, 0.2) is 5.65 Å². The van der Waals surface area contributed by atoms with Crippen LogP contribution in [0.2, 0.25) is 0 Å². The number of pyridine rings is 2. The number of anilines is 3. The Morgan fingerprint density at radius 2 is 2.03 bits per heavy atom. The van der Waals surface area contributed by atoms with Crippen LogP contribution in [-0.4, -0.2) is 70.7 Å². The highest BCUT2D eigenvalue weighted by molar-refractivity contribution is 6.05. The van der Waals surface area contributed by atoms with Gasteiger partial charge < -0.3 is 19.4 Å². The third kappa shape index (κ3) is 4.61. The van der Waals surface area contributed by atoms with Gasteiger partial charge >= 0.3 is 0 Å². The number of aromatic nitrogens is 4. The molecule has 0 fully saturated rings. The van der Waals surface area contributed by atoms with E-state index in [9.17, 15) is 9.59 Å². The largest absolute Gasteiger partial charge is 0.476 e. The molecular weight excluding hydrogens is 482 g/mol. The van der Waals surface area contributed by atoms with E-state index in [0.29, 0.717) is 48.0 Å². The van der Waals surface area contributed by atoms with E-state index in [1.54, 1.807) is 29.3 Å². The molecule has 1 aromatic carbocycles. The van der Waals surface area contributed by atoms with Gasteiger partial charge in [-0.2, -0.15) is 0 Å². The molecule has 38 heavy (non-hydrogen) atoms. The van der Waals surface area contributed by atoms with E-state index < -0.39 is 0 Å². The summed E-state index contributed by atoms with van der Waals surface area (Å²) in [6.45, 7) is 7.57. The topological polar surface area (TPSA) is 96.7 Å². The molecule has 4 aromatic rings. The fourth-order valence-corrected chi connectivity index (χ4v) is 4.58. The van der Waals surface area contributed by atoms with E-state index in [0.717, 1.165) is 23.5 Å². The summed E-state index contributed by atoms with van der Waals surface area (Å²) >= 11 is 0. The molecule has 10 nitrogen and oxygen atoms in total. The molecule has 3 aromatic heterocycles. The minimum Gasteiger partial charge on any atom is -0.476 e. The average molecular weight is 513 g/mol. The molecule has 10 heteroatoms. The molecule has 0 aliphatic carbocycles. The van der Waals surface area contributed by atoms with E-state index in [4.69, 9.17) is 6.11 Å². The Balaban J connectivity index is 1.64. The highest BCUT2D eigenvalue weighted by atomic mass is 16.5. The summed E-state index contributed by atoms with van der Waals surface area (Å²) in [5.41, 5.74) is 3.22. The van der Waals surface area contributed by atoms with Crippen molar-refractivity contribution >= 4 is 34.0 Å². The van der Waals surface area contributed by atoms with Gasteiger partial charge in [-0.15, -0.1) is 0 Å². The molecule has 1 amide bonds. The Morgan fingerprint density at radius 1 is 1.18 bits per heavy atom. The molecule has 0 saturated heterocycles. The number of hydrogen-bond donors (Lipinski definition) is 0. The van der Waals surface area contributed by atoms with Gasteiger partial charge in [0.25, 0.3) is 11.5 Å². The Morgan fingerprint density at radius 3 is 2.76 bits per heavy atom. The molecule has 1 aliphatic rings. The van der Waals surface area contributed by atoms with Crippen LogP contribution in [0.1, 0.15) is 6.93 Å². The van der Waals surface area contributed by atoms with Gasteiger partial charge in [-0.3, -0.25) is 14.2 Å². The summed E-state index contributed by atoms with van der Waals surface area (Å²) in [7, 11) is 3.92. The number of hydrogen-bond acceptors (Lipinski definition) is 8. The van der Waals surface area contributed by atoms with Gasteiger partial charge in [-0.25, -0.2) is 15.0 Å². The van der Waals surface area contributed by atoms with Crippen LogP contribution < -0.4 is 20.1 Å². The quantitative estimate of drug-likeness (QED) is 0.349. The molecule has 0 unspecified atom stereocenters. The SMILES string of the molecule is [2H]c1ncc2cc(N3CCN(C(=O)C=C)c4c(C)cccc43)c(=O)n(-c3ccc(OCCN(C)C)nc3)c2n1. The monoisotopic (exact) mass is 512 g/mol. The number of benzene rings is 1. The molecule has 0 N–H and O–H groups in total. The second-order valence-electron chi connectivity index (χ2n) is 9.21. The number of carbonyl (C=O) groups is 1. The number of rotatable bonds is 7. The Hall–Kier alpha value is -4.57. The number of carbonyl (C=O) groups excluding carboxylic acids is 1. The minimum absolute atomic E-state index is 0.197. The fourth-order valence-electron chi connectivity index (χ4n) is 4.58. The minimum atomic E-state index is -0.334. The number of amides is 1. The third-order valence-corrected chi connectivity index (χ3v) is 6.42. The summed E-state index contributed by atoms with van der Waals surface area (Å²) in [5.74, 6) is 0.244. The maximum absolute atomic E-state index is 14.1. The van der Waals surface area contributed by atoms with E-state index in [2.05, 4.69) is 21.5 Å². The maximum atomic E-state index is 14.1. The number of fused-ring (bicyclic) bond motifs is 2. The van der Waals surface area contributed by atoms with Crippen LogP contribution in [0, 0.1) is 6.92 Å². The first-order valence-electron chi connectivity index (χ1n) is 12.7. The molecule has 0 radical (unpaired) electrons. The highest BCUT2D eigenvalue weighted by Gasteiger charge is 2.30. The van der Waals surface area contributed by atoms with Crippen molar-refractivity contribution < 1.29 is 10.9 Å². The van der Waals surface area contributed by atoms with Crippen LogP contribution in [0.4, 0.5) is 17.1 Å². The van der Waals surface area contributed by atoms with E-state index in [1.807, 2.05) is 49.0 Å². The maximum Gasteiger partial charge on any atom is 0.280 e. The van der Waals surface area contributed by atoms with Crippen LogP contribution in [0.3, 0.4) is 0 Å². The van der Waals surface area contributed by atoms with Crippen molar-refractivity contribution in [2.24, 2.45) is 0 Å². The summed E-state index contributed by atoms with van der Waals surface area (Å²) in [6, 6.07) is 10.9. The average Bonchev–Trinajstić information content (AvgIpc) is 2.92. The number of nitrogens with zero attached hydrogens (tertiary/aromatic N) is 7. The third-order valence-electron chi connectivity index (χ3n) is 6.42. The summed E-state index contributed by atoms with van der Waals surface area (Å²) in [4.78, 5) is 45.1. The van der Waals surface area contributed by atoms with E-state index >= 15 is 0 Å². The number of ether oxygens (including phenoxy) is 1. The van der Waals surface area contributed by atoms with Crippen LogP contribution in [0.25, 0.3) is 16.7 Å². The summed E-state index contributed by atoms with van der Waals surface area (Å²) < 4.78 is 15.1. The molecule has 0 atom stereocenters. The number of para-hydroxylation sites is 1. The molecule has 0 saturated carbocycles. The van der Waals surface area contributed by atoms with Crippen molar-refractivity contribution in [1.82, 2.24) is 24.4 Å². The van der Waals surface area contributed by atoms with Gasteiger partial charge in [0.1, 0.15) is 20.0 Å². The zero-order valence-electron chi connectivity index (χ0n) is 22.6. The number of likely N-dealkylation sites (N-methyl/N-ethyl adjacent to an activating group) is 1. The molecule has 5 rings (SSSR count). The fraction of sp³-hybridized carbons (Fsp3) is 0.250. The summed E-state index contributed by atoms with van der Waals surface area (Å²) in [5, 5.41) is 0.589. The second-order valence-corrected chi connectivity index (χ2v) is 9.21. The van der Waals surface area contributed by atoms with Crippen LogP contribution in [-0.2, 0) is 4.79 Å². The van der Waals surface area contributed by atoms with Gasteiger partial charge in [-0.1, -0.05) is 18.7 Å². The lowest BCUT2D eigenvalue weighted by atomic mass is 10.1. The first kappa shape index (κ1) is 23.8. The lowest BCUT2D eigenvalue weighted by molar-refractivity contribution is -0.114. The van der Waals surface area contributed by atoms with Gasteiger partial charge in [0.05, 0.1) is 23.3 Å². The standard InChI is InChI=1S/C28H29N7O3/c1-5-25(36)34-12-11-33(22-8-6-7-19(2)26(22)34)23-15-20-16-29-18-31-27(20)35(28(23)37)21-9-10-24(30-17-21)38-14-13-32(3)4/h5-10,15-18H,1,11-14H2,2-4H3/i18D. The van der Waals surface area contributed by atoms with E-state index in [-0.39, 0.29) is 17.8 Å². The molecular formula is C28H29N7O3. The Kier molecular flexibility index (Phi) is 6.53. The molecule has 0 spiro atoms. The van der Waals surface area contributed by atoms with Crippen molar-refractivity contribution in [3.05, 3.63) is 83.7 Å². The second kappa shape index (κ2) is 10.4. The van der Waals surface area contributed by atoms with Crippen molar-refractivity contribution in [3.63, 3.8) is 0 Å². The zero-order chi connectivity index (χ0) is 27.7. The van der Waals surface area contributed by atoms with Crippen LogP contribution in [0.5, 0.6) is 5.88 Å². The first-order valence-corrected chi connectivity index (χ1v) is 12.2. The summed E-state index contributed by atoms with van der Waals surface area (Å²) in [6.07, 6.45) is 4.19.